The largest absolute Gasteiger partial charge is 1.00 e. The molecule has 2 nitrogen and oxygen atoms in total. The molecule has 2 aliphatic rings. The van der Waals surface area contributed by atoms with E-state index >= 15 is 0 Å². The number of allylic oxidation sites excluding steroid dienone is 2. The van der Waals surface area contributed by atoms with E-state index < -0.39 is 23.2 Å². The second-order valence-corrected chi connectivity index (χ2v) is 14.7. The average molecular weight is 673 g/mol. The third kappa shape index (κ3) is 4.33. The van der Waals surface area contributed by atoms with Gasteiger partial charge >= 0.3 is 252 Å². The Kier molecular flexibility index (Phi) is 7.30. The van der Waals surface area contributed by atoms with Crippen LogP contribution in [0, 0.1) is 0 Å². The van der Waals surface area contributed by atoms with E-state index in [9.17, 15) is 0 Å². The van der Waals surface area contributed by atoms with Crippen molar-refractivity contribution in [1.29, 1.82) is 0 Å². The third-order valence-electron chi connectivity index (χ3n) is 8.86. The zero-order chi connectivity index (χ0) is 26.9. The van der Waals surface area contributed by atoms with Crippen LogP contribution in [0.2, 0.25) is 0 Å². The van der Waals surface area contributed by atoms with Crippen molar-refractivity contribution in [2.45, 2.75) is 7.25 Å². The first-order valence-corrected chi connectivity index (χ1v) is 17.1. The summed E-state index contributed by atoms with van der Waals surface area (Å²) in [6.45, 7) is 0. The van der Waals surface area contributed by atoms with Crippen LogP contribution < -0.4 is 24.8 Å². The molecular formula is C38H26Cl2N2Zr. The minimum atomic E-state index is -1.17. The quantitative estimate of drug-likeness (QED) is 0.271. The molecule has 0 saturated heterocycles. The molecule has 2 aromatic heterocycles. The number of hydrogen-bond donors (Lipinski definition) is 0. The van der Waals surface area contributed by atoms with E-state index in [4.69, 9.17) is 0 Å². The van der Waals surface area contributed by atoms with Gasteiger partial charge in [0.1, 0.15) is 0 Å². The van der Waals surface area contributed by atoms with Crippen LogP contribution in [0.3, 0.4) is 0 Å². The predicted molar refractivity (Wildman–Crippen MR) is 168 cm³/mol. The maximum Gasteiger partial charge on any atom is -1.00 e. The Labute approximate surface area is 274 Å². The summed E-state index contributed by atoms with van der Waals surface area (Å²) < 4.78 is 5.91. The zero-order valence-corrected chi connectivity index (χ0v) is 27.1. The second-order valence-electron chi connectivity index (χ2n) is 11.0. The van der Waals surface area contributed by atoms with Crippen LogP contribution in [-0.2, 0) is 23.2 Å². The molecule has 0 saturated carbocycles. The first kappa shape index (κ1) is 28.2. The molecule has 2 atom stereocenters. The number of benzene rings is 5. The van der Waals surface area contributed by atoms with Gasteiger partial charge in [0, 0.05) is 0 Å². The minimum Gasteiger partial charge on any atom is -1.00 e. The van der Waals surface area contributed by atoms with E-state index in [1.807, 2.05) is 0 Å². The molecule has 206 valence electrons. The summed E-state index contributed by atoms with van der Waals surface area (Å²) in [7, 11) is 0. The monoisotopic (exact) mass is 670 g/mol. The summed E-state index contributed by atoms with van der Waals surface area (Å²) in [5.41, 5.74) is 12.5. The van der Waals surface area contributed by atoms with Gasteiger partial charge in [0.2, 0.25) is 0 Å². The molecule has 7 aromatic rings. The molecule has 9 rings (SSSR count). The molecule has 0 N–H and O–H groups in total. The molecule has 0 amide bonds. The van der Waals surface area contributed by atoms with Crippen LogP contribution in [0.1, 0.15) is 29.5 Å². The van der Waals surface area contributed by atoms with Crippen molar-refractivity contribution >= 4 is 56.3 Å². The van der Waals surface area contributed by atoms with Gasteiger partial charge < -0.3 is 24.8 Å². The smallest absolute Gasteiger partial charge is 1.00 e. The Morgan fingerprint density at radius 1 is 0.465 bits per heavy atom. The number of para-hydroxylation sites is 3. The summed E-state index contributed by atoms with van der Waals surface area (Å²) in [4.78, 5) is 0. The Morgan fingerprint density at radius 3 is 1.60 bits per heavy atom. The van der Waals surface area contributed by atoms with Crippen LogP contribution in [0.25, 0.3) is 56.3 Å². The summed E-state index contributed by atoms with van der Waals surface area (Å²) in [5.74, 6) is 0. The number of aromatic nitrogens is 2. The van der Waals surface area contributed by atoms with E-state index in [0.29, 0.717) is 7.25 Å². The summed E-state index contributed by atoms with van der Waals surface area (Å²) in [5, 5.41) is 3.95. The number of rotatable bonds is 4. The van der Waals surface area contributed by atoms with Crippen LogP contribution in [0.4, 0.5) is 0 Å². The number of fused-ring (bicyclic) bond motifs is 6. The van der Waals surface area contributed by atoms with Crippen molar-refractivity contribution in [2.24, 2.45) is 0 Å². The van der Waals surface area contributed by atoms with Crippen molar-refractivity contribution < 1.29 is 48.0 Å². The third-order valence-corrected chi connectivity index (χ3v) is 13.5. The Morgan fingerprint density at radius 2 is 0.953 bits per heavy atom. The molecule has 2 heterocycles. The molecule has 5 aromatic carbocycles. The van der Waals surface area contributed by atoms with Crippen molar-refractivity contribution in [1.82, 2.24) is 9.13 Å². The fourth-order valence-electron chi connectivity index (χ4n) is 7.04. The maximum absolute atomic E-state index is 2.57. The summed E-state index contributed by atoms with van der Waals surface area (Å²) >= 11 is -1.17. The van der Waals surface area contributed by atoms with E-state index in [0.717, 1.165) is 0 Å². The standard InChI is InChI=1S/C21H14N.C17H12N.2ClH.Zr/c1-2-8-16-14-17(13-15(16)7-1)22-20-11-5-3-9-18(20)19-10-4-6-12-21(19)22;1-2-7-15-12-16(11-14(15)6-1)18-10-9-13-5-3-4-8-17(13)18;;;/h1-14H;1-12H;2*1H;/q;;;;+2/p-2. The molecule has 0 radical (unpaired) electrons. The molecule has 2 aliphatic carbocycles. The number of hydrogen-bond acceptors (Lipinski definition) is 0. The molecule has 5 heteroatoms. The van der Waals surface area contributed by atoms with Crippen LogP contribution in [-0.4, -0.2) is 9.13 Å². The first-order valence-electron chi connectivity index (χ1n) is 14.3. The minimum absolute atomic E-state index is 0. The van der Waals surface area contributed by atoms with Crippen LogP contribution >= 0.6 is 0 Å². The van der Waals surface area contributed by atoms with Gasteiger partial charge in [-0.05, 0) is 0 Å². The topological polar surface area (TPSA) is 9.86 Å². The van der Waals surface area contributed by atoms with Crippen molar-refractivity contribution in [2.75, 3.05) is 0 Å². The molecule has 0 spiro atoms. The van der Waals surface area contributed by atoms with Crippen molar-refractivity contribution in [3.05, 3.63) is 156 Å². The van der Waals surface area contributed by atoms with Gasteiger partial charge in [-0.1, -0.05) is 0 Å². The molecule has 0 fully saturated rings. The SMILES string of the molecule is C1=C(n2ccc3ccccc32)[CH]([Zr+2][CH]2C(n3c4ccccc4c4ccccc43)=Cc3ccccc32)c2ccccc21.[Cl-].[Cl-]. The van der Waals surface area contributed by atoms with Crippen LogP contribution in [0.5, 0.6) is 0 Å². The van der Waals surface area contributed by atoms with Gasteiger partial charge in [-0.25, -0.2) is 0 Å². The second kappa shape index (κ2) is 11.1. The van der Waals surface area contributed by atoms with Crippen molar-refractivity contribution in [3.8, 4) is 0 Å². The normalized spacial score (nSPS) is 16.7. The van der Waals surface area contributed by atoms with Crippen molar-refractivity contribution in [3.63, 3.8) is 0 Å². The van der Waals surface area contributed by atoms with Gasteiger partial charge in [0.15, 0.2) is 0 Å². The Bertz CT molecular complexity index is 2170. The van der Waals surface area contributed by atoms with Gasteiger partial charge in [0.25, 0.3) is 0 Å². The molecule has 0 bridgehead atoms. The molecular weight excluding hydrogens is 647 g/mol. The average Bonchev–Trinajstić information content (AvgIpc) is 3.78. The predicted octanol–water partition coefficient (Wildman–Crippen LogP) is 3.65. The van der Waals surface area contributed by atoms with Gasteiger partial charge in [0.05, 0.1) is 0 Å². The van der Waals surface area contributed by atoms with Gasteiger partial charge in [-0.3, -0.25) is 0 Å². The first-order chi connectivity index (χ1) is 20.3. The Hall–Kier alpha value is -3.62. The van der Waals surface area contributed by atoms with E-state index in [-0.39, 0.29) is 24.8 Å². The van der Waals surface area contributed by atoms with Gasteiger partial charge in [-0.2, -0.15) is 0 Å². The Balaban J connectivity index is 0.00000150. The molecule has 43 heavy (non-hydrogen) atoms. The maximum atomic E-state index is 2.57. The van der Waals surface area contributed by atoms with Crippen LogP contribution in [0.15, 0.2) is 134 Å². The zero-order valence-electron chi connectivity index (χ0n) is 23.2. The van der Waals surface area contributed by atoms with E-state index in [2.05, 4.69) is 155 Å². The molecule has 2 unspecified atom stereocenters. The number of halogens is 2. The van der Waals surface area contributed by atoms with Gasteiger partial charge in [-0.15, -0.1) is 0 Å². The fourth-order valence-corrected chi connectivity index (χ4v) is 11.9. The van der Waals surface area contributed by atoms with E-state index in [1.165, 1.54) is 66.4 Å². The molecule has 0 aliphatic heterocycles. The number of nitrogens with zero attached hydrogens (tertiary/aromatic N) is 2. The van der Waals surface area contributed by atoms with E-state index in [1.54, 1.807) is 0 Å². The fraction of sp³-hybridized carbons (Fsp3) is 0.0526. The summed E-state index contributed by atoms with van der Waals surface area (Å²) in [6, 6.07) is 47.1. The summed E-state index contributed by atoms with van der Waals surface area (Å²) in [6.07, 6.45) is 7.22.